The molecule has 2 aliphatic rings. The number of primary amides is 1. The zero-order valence-corrected chi connectivity index (χ0v) is 13.2. The molecule has 0 unspecified atom stereocenters. The molecule has 3 atom stereocenters. The predicted molar refractivity (Wildman–Crippen MR) is 78.7 cm³/mol. The van der Waals surface area contributed by atoms with Crippen LogP contribution in [0.5, 0.6) is 0 Å². The minimum atomic E-state index is -4.34. The SMILES string of the molecule is NC(=O)[C@@H]1C[C@H]2CCCC[C@@H]2N1S(=O)(=O)c1cccc(F)c1F. The van der Waals surface area contributed by atoms with Gasteiger partial charge < -0.3 is 5.73 Å². The fourth-order valence-corrected chi connectivity index (χ4v) is 5.76. The third-order valence-electron chi connectivity index (χ3n) is 4.83. The second-order valence-electron chi connectivity index (χ2n) is 6.15. The molecule has 23 heavy (non-hydrogen) atoms. The normalized spacial score (nSPS) is 28.5. The van der Waals surface area contributed by atoms with E-state index in [9.17, 15) is 22.0 Å². The van der Waals surface area contributed by atoms with E-state index < -0.39 is 38.5 Å². The van der Waals surface area contributed by atoms with E-state index in [-0.39, 0.29) is 12.0 Å². The Hall–Kier alpha value is -1.54. The maximum Gasteiger partial charge on any atom is 0.247 e. The molecule has 1 amide bonds. The fourth-order valence-electron chi connectivity index (χ4n) is 3.80. The van der Waals surface area contributed by atoms with Crippen molar-refractivity contribution in [1.29, 1.82) is 0 Å². The maximum atomic E-state index is 14.0. The molecule has 2 N–H and O–H groups in total. The molecule has 0 spiro atoms. The lowest BCUT2D eigenvalue weighted by Gasteiger charge is -2.32. The van der Waals surface area contributed by atoms with Gasteiger partial charge in [-0.2, -0.15) is 4.31 Å². The summed E-state index contributed by atoms with van der Waals surface area (Å²) in [7, 11) is -4.34. The molecular weight excluding hydrogens is 326 g/mol. The number of nitrogens with zero attached hydrogens (tertiary/aromatic N) is 1. The highest BCUT2D eigenvalue weighted by atomic mass is 32.2. The van der Waals surface area contributed by atoms with E-state index in [1.54, 1.807) is 0 Å². The van der Waals surface area contributed by atoms with Gasteiger partial charge in [-0.3, -0.25) is 4.79 Å². The average Bonchev–Trinajstić information content (AvgIpc) is 2.90. The van der Waals surface area contributed by atoms with Crippen LogP contribution in [0.4, 0.5) is 8.78 Å². The molecule has 8 heteroatoms. The van der Waals surface area contributed by atoms with Crippen LogP contribution in [0.2, 0.25) is 0 Å². The third kappa shape index (κ3) is 2.63. The van der Waals surface area contributed by atoms with Crippen molar-refractivity contribution < 1.29 is 22.0 Å². The first-order chi connectivity index (χ1) is 10.8. The largest absolute Gasteiger partial charge is 0.368 e. The summed E-state index contributed by atoms with van der Waals surface area (Å²) >= 11 is 0. The van der Waals surface area contributed by atoms with Crippen molar-refractivity contribution in [3.05, 3.63) is 29.8 Å². The van der Waals surface area contributed by atoms with Crippen molar-refractivity contribution in [2.75, 3.05) is 0 Å². The van der Waals surface area contributed by atoms with Crippen molar-refractivity contribution in [3.63, 3.8) is 0 Å². The predicted octanol–water partition coefficient (Wildman–Crippen LogP) is 1.77. The number of fused-ring (bicyclic) bond motifs is 1. The van der Waals surface area contributed by atoms with E-state index in [1.165, 1.54) is 0 Å². The van der Waals surface area contributed by atoms with Gasteiger partial charge >= 0.3 is 0 Å². The topological polar surface area (TPSA) is 80.5 Å². The van der Waals surface area contributed by atoms with Crippen molar-refractivity contribution in [2.45, 2.75) is 49.1 Å². The van der Waals surface area contributed by atoms with Gasteiger partial charge in [-0.1, -0.05) is 18.9 Å². The van der Waals surface area contributed by atoms with Crippen LogP contribution < -0.4 is 5.73 Å². The molecule has 0 bridgehead atoms. The zero-order valence-electron chi connectivity index (χ0n) is 12.4. The number of rotatable bonds is 3. The van der Waals surface area contributed by atoms with Crippen LogP contribution >= 0.6 is 0 Å². The Morgan fingerprint density at radius 1 is 1.22 bits per heavy atom. The number of amides is 1. The number of nitrogens with two attached hydrogens (primary N) is 1. The highest BCUT2D eigenvalue weighted by Crippen LogP contribution is 2.42. The van der Waals surface area contributed by atoms with Crippen LogP contribution in [0.3, 0.4) is 0 Å². The Balaban J connectivity index is 2.08. The summed E-state index contributed by atoms with van der Waals surface area (Å²) in [5.41, 5.74) is 5.37. The van der Waals surface area contributed by atoms with Gasteiger partial charge in [0, 0.05) is 6.04 Å². The van der Waals surface area contributed by atoms with Gasteiger partial charge in [0.2, 0.25) is 15.9 Å². The number of hydrogen-bond acceptors (Lipinski definition) is 3. The zero-order chi connectivity index (χ0) is 16.8. The summed E-state index contributed by atoms with van der Waals surface area (Å²) in [5.74, 6) is -3.37. The molecule has 1 heterocycles. The van der Waals surface area contributed by atoms with E-state index in [2.05, 4.69) is 0 Å². The quantitative estimate of drug-likeness (QED) is 0.907. The smallest absolute Gasteiger partial charge is 0.247 e. The lowest BCUT2D eigenvalue weighted by molar-refractivity contribution is -0.121. The summed E-state index contributed by atoms with van der Waals surface area (Å²) in [6.45, 7) is 0. The van der Waals surface area contributed by atoms with Crippen molar-refractivity contribution >= 4 is 15.9 Å². The standard InChI is InChI=1S/C15H18F2N2O3S/c16-10-5-3-7-13(14(10)17)23(21,22)19-11-6-2-1-4-9(11)8-12(19)15(18)20/h3,5,7,9,11-12H,1-2,4,6,8H2,(H2,18,20)/t9-,11+,12+/m1/s1. The second-order valence-corrected chi connectivity index (χ2v) is 7.96. The molecule has 0 radical (unpaired) electrons. The van der Waals surface area contributed by atoms with E-state index in [1.807, 2.05) is 0 Å². The highest BCUT2D eigenvalue weighted by Gasteiger charge is 2.51. The molecule has 1 aromatic rings. The lowest BCUT2D eigenvalue weighted by atomic mass is 9.85. The van der Waals surface area contributed by atoms with Gasteiger partial charge in [-0.25, -0.2) is 17.2 Å². The molecule has 1 saturated heterocycles. The molecule has 1 saturated carbocycles. The van der Waals surface area contributed by atoms with Crippen LogP contribution in [-0.2, 0) is 14.8 Å². The van der Waals surface area contributed by atoms with Crippen LogP contribution in [0.15, 0.2) is 23.1 Å². The van der Waals surface area contributed by atoms with E-state index in [0.29, 0.717) is 12.8 Å². The maximum absolute atomic E-state index is 14.0. The van der Waals surface area contributed by atoms with Gasteiger partial charge in [0.1, 0.15) is 10.9 Å². The summed E-state index contributed by atoms with van der Waals surface area (Å²) in [5, 5.41) is 0. The van der Waals surface area contributed by atoms with E-state index in [4.69, 9.17) is 5.73 Å². The minimum Gasteiger partial charge on any atom is -0.368 e. The lowest BCUT2D eigenvalue weighted by Crippen LogP contribution is -2.48. The fraction of sp³-hybridized carbons (Fsp3) is 0.533. The van der Waals surface area contributed by atoms with Gasteiger partial charge in [-0.15, -0.1) is 0 Å². The van der Waals surface area contributed by atoms with Crippen molar-refractivity contribution in [3.8, 4) is 0 Å². The van der Waals surface area contributed by atoms with Crippen molar-refractivity contribution in [2.24, 2.45) is 11.7 Å². The molecule has 1 aliphatic carbocycles. The highest BCUT2D eigenvalue weighted by molar-refractivity contribution is 7.89. The molecule has 0 aromatic heterocycles. The van der Waals surface area contributed by atoms with Crippen LogP contribution in [0.25, 0.3) is 0 Å². The Labute approximate surface area is 133 Å². The molecule has 3 rings (SSSR count). The molecule has 1 aromatic carbocycles. The average molecular weight is 344 g/mol. The Kier molecular flexibility index (Phi) is 4.14. The number of halogens is 2. The molecule has 5 nitrogen and oxygen atoms in total. The molecule has 1 aliphatic heterocycles. The van der Waals surface area contributed by atoms with Gasteiger partial charge in [-0.05, 0) is 37.3 Å². The first-order valence-electron chi connectivity index (χ1n) is 7.61. The minimum absolute atomic E-state index is 0.0349. The third-order valence-corrected chi connectivity index (χ3v) is 6.78. The summed E-state index contributed by atoms with van der Waals surface area (Å²) in [6.07, 6.45) is 3.56. The van der Waals surface area contributed by atoms with Gasteiger partial charge in [0.15, 0.2) is 11.6 Å². The van der Waals surface area contributed by atoms with E-state index >= 15 is 0 Å². The Morgan fingerprint density at radius 3 is 2.61 bits per heavy atom. The van der Waals surface area contributed by atoms with Gasteiger partial charge in [0.25, 0.3) is 0 Å². The Morgan fingerprint density at radius 2 is 1.91 bits per heavy atom. The molecular formula is C15H18F2N2O3S. The summed E-state index contributed by atoms with van der Waals surface area (Å²) < 4.78 is 54.2. The number of carbonyl (C=O) groups excluding carboxylic acids is 1. The van der Waals surface area contributed by atoms with Crippen LogP contribution in [-0.4, -0.2) is 30.7 Å². The first-order valence-corrected chi connectivity index (χ1v) is 9.05. The number of sulfonamides is 1. The van der Waals surface area contributed by atoms with Crippen LogP contribution in [0, 0.1) is 17.6 Å². The molecule has 2 fully saturated rings. The summed E-state index contributed by atoms with van der Waals surface area (Å²) in [6, 6.07) is 1.62. The molecule has 126 valence electrons. The first kappa shape index (κ1) is 16.3. The number of hydrogen-bond donors (Lipinski definition) is 1. The second kappa shape index (κ2) is 5.83. The number of benzene rings is 1. The monoisotopic (exact) mass is 344 g/mol. The van der Waals surface area contributed by atoms with E-state index in [0.717, 1.165) is 41.8 Å². The summed E-state index contributed by atoms with van der Waals surface area (Å²) in [4.78, 5) is 11.0. The van der Waals surface area contributed by atoms with Crippen molar-refractivity contribution in [1.82, 2.24) is 4.31 Å². The van der Waals surface area contributed by atoms with Gasteiger partial charge in [0.05, 0.1) is 0 Å². The van der Waals surface area contributed by atoms with Crippen LogP contribution in [0.1, 0.15) is 32.1 Å². The Bertz CT molecular complexity index is 738. The number of carbonyl (C=O) groups is 1.